The number of anilines is 2. The molecule has 3 aromatic carbocycles. The van der Waals surface area contributed by atoms with Crippen molar-refractivity contribution in [2.24, 2.45) is 0 Å². The molecule has 32 heavy (non-hydrogen) atoms. The van der Waals surface area contributed by atoms with Crippen molar-refractivity contribution in [2.45, 2.75) is 5.16 Å². The molecule has 0 spiro atoms. The minimum atomic E-state index is -0.295. The molecule has 0 saturated heterocycles. The van der Waals surface area contributed by atoms with Crippen LogP contribution in [0.25, 0.3) is 5.69 Å². The number of nitrogens with zero attached hydrogens (tertiary/aromatic N) is 2. The molecule has 0 atom stereocenters. The molecule has 0 aliphatic carbocycles. The van der Waals surface area contributed by atoms with Gasteiger partial charge in [0.05, 0.1) is 17.0 Å². The number of halogens is 1. The Bertz CT molecular complexity index is 1240. The van der Waals surface area contributed by atoms with E-state index in [1.54, 1.807) is 48.7 Å². The van der Waals surface area contributed by atoms with E-state index in [9.17, 15) is 9.59 Å². The molecule has 0 bridgehead atoms. The number of aromatic nitrogens is 2. The standard InChI is InChI=1S/C24H19ClN4O2S/c25-17-7-6-10-19(15-17)29-14-13-26-24(29)32-16-22(30)28-21-12-5-4-11-20(21)23(31)27-18-8-2-1-3-9-18/h1-15H,16H2,(H,27,31)(H,28,30). The summed E-state index contributed by atoms with van der Waals surface area (Å²) in [7, 11) is 0. The Morgan fingerprint density at radius 2 is 1.72 bits per heavy atom. The van der Waals surface area contributed by atoms with Crippen LogP contribution < -0.4 is 10.6 Å². The van der Waals surface area contributed by atoms with Gasteiger partial charge in [0, 0.05) is 28.8 Å². The van der Waals surface area contributed by atoms with Gasteiger partial charge in [-0.05, 0) is 42.5 Å². The molecule has 0 unspecified atom stereocenters. The third-order valence-electron chi connectivity index (χ3n) is 4.50. The van der Waals surface area contributed by atoms with Crippen molar-refractivity contribution < 1.29 is 9.59 Å². The Morgan fingerprint density at radius 1 is 0.938 bits per heavy atom. The Morgan fingerprint density at radius 3 is 2.53 bits per heavy atom. The van der Waals surface area contributed by atoms with Gasteiger partial charge in [-0.3, -0.25) is 14.2 Å². The van der Waals surface area contributed by atoms with Crippen LogP contribution in [-0.4, -0.2) is 27.1 Å². The number of nitrogens with one attached hydrogen (secondary N) is 2. The van der Waals surface area contributed by atoms with Crippen LogP contribution in [0.5, 0.6) is 0 Å². The lowest BCUT2D eigenvalue weighted by atomic mass is 10.1. The molecule has 0 saturated carbocycles. The molecule has 2 N–H and O–H groups in total. The van der Waals surface area contributed by atoms with E-state index in [4.69, 9.17) is 11.6 Å². The van der Waals surface area contributed by atoms with Gasteiger partial charge in [-0.15, -0.1) is 0 Å². The molecule has 0 aliphatic rings. The van der Waals surface area contributed by atoms with Crippen LogP contribution in [0.3, 0.4) is 0 Å². The van der Waals surface area contributed by atoms with E-state index in [1.807, 2.05) is 47.2 Å². The summed E-state index contributed by atoms with van der Waals surface area (Å²) >= 11 is 7.38. The highest BCUT2D eigenvalue weighted by molar-refractivity contribution is 7.99. The second kappa shape index (κ2) is 10.2. The largest absolute Gasteiger partial charge is 0.325 e. The van der Waals surface area contributed by atoms with Crippen molar-refractivity contribution in [1.82, 2.24) is 9.55 Å². The first-order chi connectivity index (χ1) is 15.6. The lowest BCUT2D eigenvalue weighted by Crippen LogP contribution is -2.19. The van der Waals surface area contributed by atoms with Gasteiger partial charge in [0.2, 0.25) is 5.91 Å². The van der Waals surface area contributed by atoms with Gasteiger partial charge < -0.3 is 10.6 Å². The van der Waals surface area contributed by atoms with Crippen LogP contribution in [0.15, 0.2) is 96.4 Å². The number of rotatable bonds is 7. The lowest BCUT2D eigenvalue weighted by molar-refractivity contribution is -0.113. The van der Waals surface area contributed by atoms with E-state index in [1.165, 1.54) is 11.8 Å². The molecule has 8 heteroatoms. The molecular formula is C24H19ClN4O2S. The maximum Gasteiger partial charge on any atom is 0.257 e. The normalized spacial score (nSPS) is 10.5. The monoisotopic (exact) mass is 462 g/mol. The molecule has 160 valence electrons. The summed E-state index contributed by atoms with van der Waals surface area (Å²) < 4.78 is 1.87. The zero-order chi connectivity index (χ0) is 22.3. The predicted octanol–water partition coefficient (Wildman–Crippen LogP) is 5.51. The number of para-hydroxylation sites is 2. The number of hydrogen-bond donors (Lipinski definition) is 2. The maximum atomic E-state index is 12.7. The predicted molar refractivity (Wildman–Crippen MR) is 129 cm³/mol. The van der Waals surface area contributed by atoms with Crippen LogP contribution in [0.1, 0.15) is 10.4 Å². The first-order valence-electron chi connectivity index (χ1n) is 9.77. The Kier molecular flexibility index (Phi) is 6.89. The second-order valence-corrected chi connectivity index (χ2v) is 8.14. The van der Waals surface area contributed by atoms with E-state index < -0.39 is 0 Å². The van der Waals surface area contributed by atoms with E-state index in [0.29, 0.717) is 27.1 Å². The Labute approximate surface area is 194 Å². The molecule has 4 aromatic rings. The highest BCUT2D eigenvalue weighted by atomic mass is 35.5. The van der Waals surface area contributed by atoms with Crippen LogP contribution >= 0.6 is 23.4 Å². The van der Waals surface area contributed by atoms with E-state index in [0.717, 1.165) is 5.69 Å². The molecule has 0 aliphatic heterocycles. The van der Waals surface area contributed by atoms with Crippen LogP contribution in [-0.2, 0) is 4.79 Å². The summed E-state index contributed by atoms with van der Waals surface area (Å²) in [5, 5.41) is 6.95. The molecule has 1 heterocycles. The molecule has 0 radical (unpaired) electrons. The van der Waals surface area contributed by atoms with E-state index in [2.05, 4.69) is 15.6 Å². The Balaban J connectivity index is 1.42. The highest BCUT2D eigenvalue weighted by Crippen LogP contribution is 2.23. The molecule has 0 fully saturated rings. The molecule has 4 rings (SSSR count). The minimum Gasteiger partial charge on any atom is -0.325 e. The van der Waals surface area contributed by atoms with Crippen molar-refractivity contribution in [1.29, 1.82) is 0 Å². The third-order valence-corrected chi connectivity index (χ3v) is 5.70. The average Bonchev–Trinajstić information content (AvgIpc) is 3.27. The molecule has 2 amide bonds. The van der Waals surface area contributed by atoms with Crippen LogP contribution in [0.4, 0.5) is 11.4 Å². The number of imidazole rings is 1. The fraction of sp³-hybridized carbons (Fsp3) is 0.0417. The van der Waals surface area contributed by atoms with Gasteiger partial charge in [-0.2, -0.15) is 0 Å². The third kappa shape index (κ3) is 5.38. The van der Waals surface area contributed by atoms with Crippen molar-refractivity contribution >= 4 is 46.6 Å². The van der Waals surface area contributed by atoms with Crippen molar-refractivity contribution in [3.8, 4) is 5.69 Å². The van der Waals surface area contributed by atoms with Crippen molar-refractivity contribution in [2.75, 3.05) is 16.4 Å². The van der Waals surface area contributed by atoms with E-state index >= 15 is 0 Å². The zero-order valence-corrected chi connectivity index (χ0v) is 18.4. The van der Waals surface area contributed by atoms with Gasteiger partial charge in [0.1, 0.15) is 0 Å². The average molecular weight is 463 g/mol. The van der Waals surface area contributed by atoms with Gasteiger partial charge in [0.25, 0.3) is 5.91 Å². The van der Waals surface area contributed by atoms with Gasteiger partial charge >= 0.3 is 0 Å². The summed E-state index contributed by atoms with van der Waals surface area (Å²) in [5.74, 6) is -0.404. The summed E-state index contributed by atoms with van der Waals surface area (Å²) in [6.07, 6.45) is 3.49. The lowest BCUT2D eigenvalue weighted by Gasteiger charge is -2.12. The first-order valence-corrected chi connectivity index (χ1v) is 11.1. The highest BCUT2D eigenvalue weighted by Gasteiger charge is 2.15. The molecular weight excluding hydrogens is 444 g/mol. The minimum absolute atomic E-state index is 0.131. The topological polar surface area (TPSA) is 76.0 Å². The summed E-state index contributed by atoms with van der Waals surface area (Å²) in [6, 6.07) is 23.5. The number of benzene rings is 3. The van der Waals surface area contributed by atoms with Crippen LogP contribution in [0.2, 0.25) is 5.02 Å². The number of carbonyl (C=O) groups excluding carboxylic acids is 2. The fourth-order valence-electron chi connectivity index (χ4n) is 3.05. The van der Waals surface area contributed by atoms with Gasteiger partial charge in [0.15, 0.2) is 5.16 Å². The number of carbonyl (C=O) groups is 2. The number of hydrogen-bond acceptors (Lipinski definition) is 4. The van der Waals surface area contributed by atoms with Crippen molar-refractivity contribution in [3.63, 3.8) is 0 Å². The summed E-state index contributed by atoms with van der Waals surface area (Å²) in [6.45, 7) is 0. The van der Waals surface area contributed by atoms with Gasteiger partial charge in [-0.1, -0.05) is 59.8 Å². The maximum absolute atomic E-state index is 12.7. The summed E-state index contributed by atoms with van der Waals surface area (Å²) in [5.41, 5.74) is 2.38. The summed E-state index contributed by atoms with van der Waals surface area (Å²) in [4.78, 5) is 29.7. The first kappa shape index (κ1) is 21.7. The van der Waals surface area contributed by atoms with Crippen molar-refractivity contribution in [3.05, 3.63) is 102 Å². The van der Waals surface area contributed by atoms with Crippen LogP contribution in [0, 0.1) is 0 Å². The van der Waals surface area contributed by atoms with Gasteiger partial charge in [-0.25, -0.2) is 4.98 Å². The number of thioether (sulfide) groups is 1. The SMILES string of the molecule is O=C(CSc1nccn1-c1cccc(Cl)c1)Nc1ccccc1C(=O)Nc1ccccc1. The molecule has 6 nitrogen and oxygen atoms in total. The quantitative estimate of drug-likeness (QED) is 0.355. The fourth-order valence-corrected chi connectivity index (χ4v) is 4.00. The van der Waals surface area contributed by atoms with E-state index in [-0.39, 0.29) is 17.6 Å². The smallest absolute Gasteiger partial charge is 0.257 e. The zero-order valence-electron chi connectivity index (χ0n) is 16.9. The molecule has 1 aromatic heterocycles. The number of amides is 2. The Hall–Kier alpha value is -3.55. The second-order valence-electron chi connectivity index (χ2n) is 6.76.